The molecule has 1 aromatic rings. The Balaban J connectivity index is 0.000000374. The Hall–Kier alpha value is -9.15. The Morgan fingerprint density at radius 2 is 0.755 bits per heavy atom. The molecule has 7 aliphatic heterocycles. The maximum atomic E-state index is 12.5. The molecule has 0 radical (unpaired) electrons. The van der Waals surface area contributed by atoms with Gasteiger partial charge in [-0.05, 0) is 18.2 Å². The second-order valence-electron chi connectivity index (χ2n) is 16.0. The minimum Gasteiger partial charge on any atom is -0.451 e. The van der Waals surface area contributed by atoms with E-state index in [-0.39, 0.29) is 78.2 Å². The van der Waals surface area contributed by atoms with Gasteiger partial charge in [-0.1, -0.05) is 30.9 Å². The third-order valence-corrected chi connectivity index (χ3v) is 8.90. The van der Waals surface area contributed by atoms with Gasteiger partial charge in [0.25, 0.3) is 12.4 Å². The fraction of sp³-hybridized carbons (Fsp3) is 0.479. The maximum absolute atomic E-state index is 12.5. The topological polar surface area (TPSA) is 313 Å². The quantitative estimate of drug-likeness (QED) is 0.0507. The highest BCUT2D eigenvalue weighted by molar-refractivity contribution is 5.63. The molecule has 7 atom stereocenters. The van der Waals surface area contributed by atoms with Crippen molar-refractivity contribution >= 4 is 43.1 Å². The molecule has 46 heteroatoms. The van der Waals surface area contributed by atoms with Gasteiger partial charge in [-0.15, -0.1) is 0 Å². The van der Waals surface area contributed by atoms with E-state index in [2.05, 4.69) is 91.8 Å². The molecule has 0 saturated carbocycles. The van der Waals surface area contributed by atoms with Crippen LogP contribution in [-0.4, -0.2) is 192 Å². The molecule has 28 nitrogen and oxygen atoms in total. The van der Waals surface area contributed by atoms with E-state index in [1.165, 1.54) is 0 Å². The summed E-state index contributed by atoms with van der Waals surface area (Å²) in [4.78, 5) is 72.2. The number of para-hydroxylation sites is 1. The Morgan fingerprint density at radius 1 is 0.426 bits per heavy atom. The summed E-state index contributed by atoms with van der Waals surface area (Å²) in [6.07, 6.45) is -30.4. The lowest BCUT2D eigenvalue weighted by atomic mass is 10.3. The highest BCUT2D eigenvalue weighted by Gasteiger charge is 2.39. The van der Waals surface area contributed by atoms with Crippen LogP contribution < -0.4 is 4.74 Å². The van der Waals surface area contributed by atoms with Gasteiger partial charge in [-0.3, -0.25) is 0 Å². The molecule has 0 amide bonds. The molecule has 0 aromatic heterocycles. The second-order valence-corrected chi connectivity index (χ2v) is 16.0. The van der Waals surface area contributed by atoms with Gasteiger partial charge >= 0.3 is 67.7 Å². The van der Waals surface area contributed by atoms with E-state index in [4.69, 9.17) is 14.2 Å². The molecule has 7 saturated heterocycles. The molecule has 7 unspecified atom stereocenters. The molecule has 7 fully saturated rings. The largest absolute Gasteiger partial charge is 0.511 e. The Labute approximate surface area is 511 Å². The lowest BCUT2D eigenvalue weighted by Crippen LogP contribution is -2.18. The first-order valence-electron chi connectivity index (χ1n) is 24.6. The third kappa shape index (κ3) is 38.0. The number of cyclic esters (lactones) is 14. The molecule has 7 aliphatic rings. The zero-order valence-corrected chi connectivity index (χ0v) is 46.4. The van der Waals surface area contributed by atoms with Crippen molar-refractivity contribution in [2.75, 3.05) is 85.9 Å². The van der Waals surface area contributed by atoms with Crippen molar-refractivity contribution in [2.24, 2.45) is 0 Å². The third-order valence-electron chi connectivity index (χ3n) is 8.90. The SMILES string of the molecule is C=C(F)COC1COC(=O)O1.O=C1OCC(OCC(F)=C(F)C(F)(F)F)O1.O=C1OCC(OCC(F)=C(F)F)O1.O=C1OCC(OCC=C(F)C(F)(F)F)O1.O=C1OCC(OCC=C(F)F)O1.O=C1OCC(OCC=CC(F)(F)F)O1.O=C1OCC(Oc2ccccc2)O1. The van der Waals surface area contributed by atoms with E-state index in [1.54, 1.807) is 12.1 Å². The summed E-state index contributed by atoms with van der Waals surface area (Å²) in [7, 11) is 0. The molecule has 0 aliphatic carbocycles. The van der Waals surface area contributed by atoms with E-state index < -0.39 is 167 Å². The summed E-state index contributed by atoms with van der Waals surface area (Å²) < 4.78 is 305. The maximum Gasteiger partial charge on any atom is 0.511 e. The molecule has 530 valence electrons. The van der Waals surface area contributed by atoms with Crippen molar-refractivity contribution in [3.63, 3.8) is 0 Å². The highest BCUT2D eigenvalue weighted by Crippen LogP contribution is 2.30. The predicted octanol–water partition coefficient (Wildman–Crippen LogP) is 11.1. The van der Waals surface area contributed by atoms with Crippen LogP contribution in [0, 0.1) is 0 Å². The number of benzene rings is 1. The van der Waals surface area contributed by atoms with Crippen molar-refractivity contribution in [2.45, 2.75) is 62.6 Å². The summed E-state index contributed by atoms with van der Waals surface area (Å²) in [5, 5.41) is 0. The van der Waals surface area contributed by atoms with Gasteiger partial charge in [0, 0.05) is 12.2 Å². The number of hydrogen-bond acceptors (Lipinski definition) is 28. The Bertz CT molecular complexity index is 2760. The lowest BCUT2D eigenvalue weighted by molar-refractivity contribution is -0.115. The summed E-state index contributed by atoms with van der Waals surface area (Å²) in [5.74, 6) is -8.91. The number of alkyl halides is 9. The van der Waals surface area contributed by atoms with Crippen molar-refractivity contribution in [3.8, 4) is 5.75 Å². The van der Waals surface area contributed by atoms with Crippen LogP contribution in [0.25, 0.3) is 0 Å². The minimum absolute atomic E-state index is 0.00606. The molecule has 8 rings (SSSR count). The summed E-state index contributed by atoms with van der Waals surface area (Å²) in [5.41, 5.74) is 0. The fourth-order valence-corrected chi connectivity index (χ4v) is 5.08. The first-order valence-corrected chi connectivity index (χ1v) is 24.6. The number of carbonyl (C=O) groups excluding carboxylic acids is 7. The van der Waals surface area contributed by atoms with Crippen molar-refractivity contribution in [1.29, 1.82) is 0 Å². The van der Waals surface area contributed by atoms with Crippen LogP contribution in [0.15, 0.2) is 103 Å². The molecule has 1 aromatic carbocycles. The number of carbonyl (C=O) groups is 7. The van der Waals surface area contributed by atoms with Gasteiger partial charge in [0.2, 0.25) is 49.4 Å². The van der Waals surface area contributed by atoms with E-state index >= 15 is 0 Å². The normalized spacial score (nSPS) is 21.9. The summed E-state index contributed by atoms with van der Waals surface area (Å²) in [6.45, 7) is -1.64. The van der Waals surface area contributed by atoms with E-state index in [9.17, 15) is 113 Å². The predicted molar refractivity (Wildman–Crippen MR) is 253 cm³/mol. The van der Waals surface area contributed by atoms with E-state index in [1.807, 2.05) is 18.2 Å². The van der Waals surface area contributed by atoms with Crippen molar-refractivity contribution in [1.82, 2.24) is 0 Å². The van der Waals surface area contributed by atoms with Gasteiger partial charge in [0.15, 0.2) is 57.9 Å². The Kier molecular flexibility index (Phi) is 35.7. The van der Waals surface area contributed by atoms with E-state index in [0.717, 1.165) is 6.08 Å². The smallest absolute Gasteiger partial charge is 0.451 e. The Morgan fingerprint density at radius 3 is 1.06 bits per heavy atom. The molecule has 0 N–H and O–H groups in total. The average Bonchev–Trinajstić information content (AvgIpc) is 1.46. The van der Waals surface area contributed by atoms with Crippen LogP contribution in [0.4, 0.5) is 113 Å². The monoisotopic (exact) mass is 1410 g/mol. The average molecular weight is 1410 g/mol. The lowest BCUT2D eigenvalue weighted by Gasteiger charge is -2.08. The minimum atomic E-state index is -5.41. The zero-order chi connectivity index (χ0) is 70.6. The molecule has 94 heavy (non-hydrogen) atoms. The van der Waals surface area contributed by atoms with Crippen LogP contribution in [0.1, 0.15) is 0 Å². The van der Waals surface area contributed by atoms with Crippen LogP contribution in [0.3, 0.4) is 0 Å². The van der Waals surface area contributed by atoms with Gasteiger partial charge in [-0.25, -0.2) is 51.1 Å². The number of ether oxygens (including phenoxy) is 21. The van der Waals surface area contributed by atoms with Crippen molar-refractivity contribution in [3.05, 3.63) is 103 Å². The van der Waals surface area contributed by atoms with E-state index in [0.29, 0.717) is 11.8 Å². The highest BCUT2D eigenvalue weighted by atomic mass is 19.4. The van der Waals surface area contributed by atoms with Gasteiger partial charge in [0.05, 0.1) is 19.8 Å². The fourth-order valence-electron chi connectivity index (χ4n) is 5.08. The number of halogens is 18. The first kappa shape index (κ1) is 80.9. The first-order chi connectivity index (χ1) is 44.0. The van der Waals surface area contributed by atoms with Gasteiger partial charge in [0.1, 0.15) is 31.4 Å². The second kappa shape index (κ2) is 41.4. The van der Waals surface area contributed by atoms with Crippen LogP contribution >= 0.6 is 0 Å². The summed E-state index contributed by atoms with van der Waals surface area (Å²) in [6, 6.07) is 9.13. The number of hydrogen-bond donors (Lipinski definition) is 0. The number of allylic oxidation sites excluding steroid dienone is 3. The summed E-state index contributed by atoms with van der Waals surface area (Å²) >= 11 is 0. The van der Waals surface area contributed by atoms with Crippen molar-refractivity contribution < 1.29 is 212 Å². The van der Waals surface area contributed by atoms with Gasteiger partial charge < -0.3 is 99.5 Å². The van der Waals surface area contributed by atoms with Crippen LogP contribution in [0.2, 0.25) is 0 Å². The van der Waals surface area contributed by atoms with Crippen LogP contribution in [-0.2, 0) is 94.7 Å². The molecule has 0 spiro atoms. The standard InChI is InChI=1S/C9H8O4.C7H5F5O4.C7H6F4O4.C7H7F3O4.C6H5F3O4.C6H6F2O4.C6H7FO4/c10-9-11-6-8(13-9)12-7-4-2-1-3-5-7;8-3(5(9)7(10,11)12)1-14-4-2-15-6(13)16-4;8-4(7(9,10)11)1-2-13-5-3-14-6(12)15-5;8-7(9,10)2-1-3-12-5-4-13-6(11)14-5;7-3(5(8)9)1-11-4-2-12-6(10)13-4;7-4(8)1-2-10-5-3-11-6(9)12-5;1-4(7)2-9-5-3-10-6(8)11-5/h1-5,8H,6H2;4H,1-2H2;1,5H,2-3H2;1-2,5H,3-4H2;4H,1-2H2;1,5H,2-3H2;5H,1-3H2. The molecular formula is C48H44F18O28. The molecule has 0 bridgehead atoms. The zero-order valence-electron chi connectivity index (χ0n) is 46.4. The van der Waals surface area contributed by atoms with Gasteiger partial charge in [-0.2, -0.15) is 61.5 Å². The van der Waals surface area contributed by atoms with Crippen LogP contribution in [0.5, 0.6) is 5.75 Å². The number of rotatable bonds is 20. The molecule has 7 heterocycles. The molecular weight excluding hydrogens is 1370 g/mol.